The van der Waals surface area contributed by atoms with Crippen LogP contribution in [-0.4, -0.2) is 33.4 Å². The van der Waals surface area contributed by atoms with Crippen LogP contribution in [0.5, 0.6) is 0 Å². The first-order valence-corrected chi connectivity index (χ1v) is 5.87. The van der Waals surface area contributed by atoms with Crippen LogP contribution < -0.4 is 5.32 Å². The number of aliphatic hydroxyl groups excluding tert-OH is 1. The molecule has 0 saturated heterocycles. The zero-order valence-corrected chi connectivity index (χ0v) is 10.9. The molecule has 0 fully saturated rings. The van der Waals surface area contributed by atoms with Gasteiger partial charge < -0.3 is 10.4 Å². The topological polar surface area (TPSA) is 67.2 Å². The largest absolute Gasteiger partial charge is 0.393 e. The Kier molecular flexibility index (Phi) is 4.69. The Balaban J connectivity index is 2.47. The van der Waals surface area contributed by atoms with Gasteiger partial charge in [0.05, 0.1) is 11.8 Å². The van der Waals surface area contributed by atoms with Gasteiger partial charge in [0.25, 0.3) is 5.91 Å². The molecule has 0 aromatic carbocycles. The number of nitrogens with one attached hydrogen (secondary N) is 1. The van der Waals surface area contributed by atoms with Gasteiger partial charge in [-0.25, -0.2) is 0 Å². The van der Waals surface area contributed by atoms with Gasteiger partial charge in [0.15, 0.2) is 0 Å². The Labute approximate surface area is 102 Å². The fourth-order valence-corrected chi connectivity index (χ4v) is 1.85. The number of aromatic nitrogens is 2. The summed E-state index contributed by atoms with van der Waals surface area (Å²) < 4.78 is 1.57. The molecule has 5 heteroatoms. The van der Waals surface area contributed by atoms with Gasteiger partial charge in [0, 0.05) is 13.6 Å². The molecule has 1 amide bonds. The number of carbonyl (C=O) groups excluding carboxylic acids is 1. The smallest absolute Gasteiger partial charge is 0.269 e. The van der Waals surface area contributed by atoms with Crippen molar-refractivity contribution in [2.75, 3.05) is 6.54 Å². The highest BCUT2D eigenvalue weighted by Crippen LogP contribution is 2.05. The van der Waals surface area contributed by atoms with Crippen molar-refractivity contribution in [3.8, 4) is 0 Å². The minimum Gasteiger partial charge on any atom is -0.393 e. The quantitative estimate of drug-likeness (QED) is 0.801. The van der Waals surface area contributed by atoms with Crippen LogP contribution in [0, 0.1) is 12.8 Å². The van der Waals surface area contributed by atoms with Gasteiger partial charge in [0.1, 0.15) is 5.69 Å². The molecule has 0 spiro atoms. The zero-order valence-electron chi connectivity index (χ0n) is 10.9. The maximum atomic E-state index is 11.8. The third-order valence-corrected chi connectivity index (χ3v) is 2.59. The monoisotopic (exact) mass is 239 g/mol. The molecule has 0 aliphatic heterocycles. The van der Waals surface area contributed by atoms with E-state index in [0.29, 0.717) is 18.7 Å². The van der Waals surface area contributed by atoms with E-state index >= 15 is 0 Å². The number of aryl methyl sites for hydroxylation is 2. The van der Waals surface area contributed by atoms with Gasteiger partial charge in [-0.1, -0.05) is 6.92 Å². The minimum atomic E-state index is -0.333. The van der Waals surface area contributed by atoms with Crippen molar-refractivity contribution in [3.05, 3.63) is 17.5 Å². The van der Waals surface area contributed by atoms with E-state index in [1.165, 1.54) is 0 Å². The van der Waals surface area contributed by atoms with Gasteiger partial charge in [-0.3, -0.25) is 9.48 Å². The molecule has 0 saturated carbocycles. The molecule has 5 nitrogen and oxygen atoms in total. The van der Waals surface area contributed by atoms with Crippen LogP contribution in [0.2, 0.25) is 0 Å². The van der Waals surface area contributed by atoms with Crippen molar-refractivity contribution in [1.82, 2.24) is 15.1 Å². The summed E-state index contributed by atoms with van der Waals surface area (Å²) in [7, 11) is 1.75. The predicted octanol–water partition coefficient (Wildman–Crippen LogP) is 0.865. The fourth-order valence-electron chi connectivity index (χ4n) is 1.85. The Morgan fingerprint density at radius 1 is 1.59 bits per heavy atom. The lowest BCUT2D eigenvalue weighted by Crippen LogP contribution is -2.30. The zero-order chi connectivity index (χ0) is 13.0. The summed E-state index contributed by atoms with van der Waals surface area (Å²) in [5.74, 6) is 0.138. The number of rotatable bonds is 5. The summed E-state index contributed by atoms with van der Waals surface area (Å²) >= 11 is 0. The van der Waals surface area contributed by atoms with Crippen molar-refractivity contribution in [2.45, 2.75) is 33.3 Å². The van der Waals surface area contributed by atoms with Crippen LogP contribution >= 0.6 is 0 Å². The lowest BCUT2D eigenvalue weighted by atomic mass is 10.0. The van der Waals surface area contributed by atoms with Gasteiger partial charge in [0.2, 0.25) is 0 Å². The summed E-state index contributed by atoms with van der Waals surface area (Å²) in [4.78, 5) is 11.8. The van der Waals surface area contributed by atoms with Crippen LogP contribution in [0.15, 0.2) is 6.07 Å². The van der Waals surface area contributed by atoms with Crippen LogP contribution in [0.25, 0.3) is 0 Å². The number of aliphatic hydroxyl groups is 1. The first-order valence-electron chi connectivity index (χ1n) is 5.87. The first-order chi connectivity index (χ1) is 7.90. The normalized spacial score (nSPS) is 14.4. The predicted molar refractivity (Wildman–Crippen MR) is 65.7 cm³/mol. The van der Waals surface area contributed by atoms with Crippen molar-refractivity contribution in [3.63, 3.8) is 0 Å². The summed E-state index contributed by atoms with van der Waals surface area (Å²) in [5, 5.41) is 16.2. The van der Waals surface area contributed by atoms with E-state index in [0.717, 1.165) is 5.69 Å². The van der Waals surface area contributed by atoms with E-state index in [2.05, 4.69) is 10.4 Å². The Morgan fingerprint density at radius 2 is 2.24 bits per heavy atom. The Bertz CT molecular complexity index is 385. The van der Waals surface area contributed by atoms with Gasteiger partial charge >= 0.3 is 0 Å². The number of amides is 1. The Morgan fingerprint density at radius 3 is 2.71 bits per heavy atom. The maximum Gasteiger partial charge on any atom is 0.269 e. The summed E-state index contributed by atoms with van der Waals surface area (Å²) in [5.41, 5.74) is 1.39. The minimum absolute atomic E-state index is 0.120. The van der Waals surface area contributed by atoms with Crippen molar-refractivity contribution < 1.29 is 9.90 Å². The van der Waals surface area contributed by atoms with Crippen molar-refractivity contribution in [2.24, 2.45) is 13.0 Å². The van der Waals surface area contributed by atoms with Crippen molar-refractivity contribution in [1.29, 1.82) is 0 Å². The SMILES string of the molecule is Cc1cc(C(=O)NCC(C)CC(C)O)n(C)n1. The molecule has 17 heavy (non-hydrogen) atoms. The fraction of sp³-hybridized carbons (Fsp3) is 0.667. The molecule has 2 atom stereocenters. The molecule has 1 aromatic heterocycles. The van der Waals surface area contributed by atoms with Gasteiger partial charge in [-0.05, 0) is 32.3 Å². The molecule has 0 aliphatic carbocycles. The molecule has 0 aliphatic rings. The van der Waals surface area contributed by atoms with E-state index in [1.54, 1.807) is 24.7 Å². The molecule has 0 radical (unpaired) electrons. The molecular weight excluding hydrogens is 218 g/mol. The van der Waals surface area contributed by atoms with Crippen LogP contribution in [0.4, 0.5) is 0 Å². The lowest BCUT2D eigenvalue weighted by molar-refractivity contribution is 0.0930. The summed E-state index contributed by atoms with van der Waals surface area (Å²) in [6.07, 6.45) is 0.353. The third-order valence-electron chi connectivity index (χ3n) is 2.59. The highest BCUT2D eigenvalue weighted by atomic mass is 16.3. The second-order valence-corrected chi connectivity index (χ2v) is 4.69. The number of carbonyl (C=O) groups is 1. The average molecular weight is 239 g/mol. The van der Waals surface area contributed by atoms with Gasteiger partial charge in [-0.15, -0.1) is 0 Å². The molecule has 1 aromatic rings. The molecule has 2 unspecified atom stereocenters. The highest BCUT2D eigenvalue weighted by molar-refractivity contribution is 5.92. The third kappa shape index (κ3) is 4.19. The number of hydrogen-bond acceptors (Lipinski definition) is 3. The van der Waals surface area contributed by atoms with E-state index in [1.807, 2.05) is 13.8 Å². The standard InChI is InChI=1S/C12H21N3O2/c1-8(5-10(3)16)7-13-12(17)11-6-9(2)14-15(11)4/h6,8,10,16H,5,7H2,1-4H3,(H,13,17). The second kappa shape index (κ2) is 5.82. The van der Waals surface area contributed by atoms with Gasteiger partial charge in [-0.2, -0.15) is 5.10 Å². The number of nitrogens with zero attached hydrogens (tertiary/aromatic N) is 2. The molecule has 1 rings (SSSR count). The van der Waals surface area contributed by atoms with E-state index in [-0.39, 0.29) is 17.9 Å². The van der Waals surface area contributed by atoms with Crippen molar-refractivity contribution >= 4 is 5.91 Å². The second-order valence-electron chi connectivity index (χ2n) is 4.69. The lowest BCUT2D eigenvalue weighted by Gasteiger charge is -2.14. The molecule has 2 N–H and O–H groups in total. The van der Waals surface area contributed by atoms with Crippen LogP contribution in [0.1, 0.15) is 36.5 Å². The first kappa shape index (κ1) is 13.7. The van der Waals surface area contributed by atoms with E-state index in [4.69, 9.17) is 0 Å². The van der Waals surface area contributed by atoms with E-state index < -0.39 is 0 Å². The molecule has 1 heterocycles. The maximum absolute atomic E-state index is 11.8. The summed E-state index contributed by atoms with van der Waals surface area (Å²) in [6, 6.07) is 1.76. The average Bonchev–Trinajstić information content (AvgIpc) is 2.53. The Hall–Kier alpha value is -1.36. The van der Waals surface area contributed by atoms with Crippen LogP contribution in [0.3, 0.4) is 0 Å². The molecule has 0 bridgehead atoms. The summed E-state index contributed by atoms with van der Waals surface area (Å²) in [6.45, 7) is 6.17. The van der Waals surface area contributed by atoms with E-state index in [9.17, 15) is 9.90 Å². The molecule has 96 valence electrons. The number of hydrogen-bond donors (Lipinski definition) is 2. The molecular formula is C12H21N3O2. The van der Waals surface area contributed by atoms with Crippen LogP contribution in [-0.2, 0) is 7.05 Å². The highest BCUT2D eigenvalue weighted by Gasteiger charge is 2.13.